The minimum Gasteiger partial charge on any atom is -0.333 e. The molecule has 290 valence electrons. The van der Waals surface area contributed by atoms with Gasteiger partial charge in [0.25, 0.3) is 0 Å². The number of para-hydroxylation sites is 2. The largest absolute Gasteiger partial charge is 0.333 e. The topological polar surface area (TPSA) is 44.9 Å². The van der Waals surface area contributed by atoms with Gasteiger partial charge in [0.05, 0.1) is 6.04 Å². The second kappa shape index (κ2) is 14.4. The highest BCUT2D eigenvalue weighted by molar-refractivity contribution is 6.16. The summed E-state index contributed by atoms with van der Waals surface area (Å²) in [6.07, 6.45) is 25.8. The van der Waals surface area contributed by atoms with Crippen molar-refractivity contribution in [3.05, 3.63) is 221 Å². The maximum absolute atomic E-state index is 5.28. The fraction of sp³-hybridized carbons (Fsp3) is 0.164. The average Bonchev–Trinajstić information content (AvgIpc) is 3.83. The average molecular weight is 776 g/mol. The van der Waals surface area contributed by atoms with Crippen LogP contribution in [0.5, 0.6) is 0 Å². The normalized spacial score (nSPS) is 23.0. The number of aliphatic imine (C=N–C) groups is 2. The summed E-state index contributed by atoms with van der Waals surface area (Å²) in [4.78, 5) is 13.1. The Morgan fingerprint density at radius 2 is 1.37 bits per heavy atom. The first-order chi connectivity index (χ1) is 29.7. The van der Waals surface area contributed by atoms with Gasteiger partial charge >= 0.3 is 0 Å². The predicted molar refractivity (Wildman–Crippen MR) is 248 cm³/mol. The van der Waals surface area contributed by atoms with Crippen LogP contribution in [0.4, 0.5) is 5.69 Å². The van der Waals surface area contributed by atoms with Crippen LogP contribution >= 0.6 is 0 Å². The van der Waals surface area contributed by atoms with Crippen LogP contribution in [0.2, 0.25) is 0 Å². The molecule has 3 heterocycles. The standard InChI is InChI=1S/C55H45N5/c1-3-14-36(15-4-1)39-20-13-21-42(32-39)55-57-53(37-16-5-2-6-17-37)56-54(58-55)38-26-28-43(29-27-38)59-51-34-41-19-8-7-18-40(41)33-48(51)47-31-30-44(35-52(47)59)60-49-24-11-9-22-45(49)46-23-10-12-25-50(46)60/h1-5,7-16,19-32,34,40,44,48,53H,6,17-18,33,35H2,(H,56,57,58). The zero-order valence-electron chi connectivity index (χ0n) is 33.5. The number of hydrogen-bond donors (Lipinski definition) is 1. The Bertz CT molecular complexity index is 2950. The van der Waals surface area contributed by atoms with Crippen LogP contribution in [0.15, 0.2) is 220 Å². The first-order valence-electron chi connectivity index (χ1n) is 21.6. The summed E-state index contributed by atoms with van der Waals surface area (Å²) in [5.74, 6) is 2.63. The van der Waals surface area contributed by atoms with Gasteiger partial charge < -0.3 is 14.8 Å². The van der Waals surface area contributed by atoms with Crippen LogP contribution in [0.3, 0.4) is 0 Å². The van der Waals surface area contributed by atoms with Crippen molar-refractivity contribution in [1.29, 1.82) is 0 Å². The number of amidine groups is 2. The fourth-order valence-corrected chi connectivity index (χ4v) is 10.4. The summed E-state index contributed by atoms with van der Waals surface area (Å²) in [6.45, 7) is 0. The lowest BCUT2D eigenvalue weighted by Gasteiger charge is -2.33. The van der Waals surface area contributed by atoms with E-state index in [9.17, 15) is 0 Å². The Balaban J connectivity index is 0.915. The van der Waals surface area contributed by atoms with E-state index in [1.807, 2.05) is 0 Å². The highest BCUT2D eigenvalue weighted by atomic mass is 15.2. The van der Waals surface area contributed by atoms with Gasteiger partial charge in [-0.2, -0.15) is 0 Å². The summed E-state index contributed by atoms with van der Waals surface area (Å²) in [6, 6.07) is 46.3. The van der Waals surface area contributed by atoms with Crippen LogP contribution in [-0.4, -0.2) is 22.4 Å². The molecule has 0 fully saturated rings. The van der Waals surface area contributed by atoms with E-state index in [0.717, 1.165) is 54.9 Å². The zero-order valence-corrected chi connectivity index (χ0v) is 33.5. The summed E-state index contributed by atoms with van der Waals surface area (Å²) >= 11 is 0. The molecule has 1 aromatic heterocycles. The number of aromatic nitrogens is 1. The molecule has 0 bridgehead atoms. The molecule has 4 unspecified atom stereocenters. The maximum atomic E-state index is 5.28. The lowest BCUT2D eigenvalue weighted by molar-refractivity contribution is 0.485. The number of anilines is 1. The first-order valence-corrected chi connectivity index (χ1v) is 21.6. The van der Waals surface area contributed by atoms with Crippen molar-refractivity contribution in [3.63, 3.8) is 0 Å². The van der Waals surface area contributed by atoms with Crippen molar-refractivity contribution in [2.75, 3.05) is 4.90 Å². The van der Waals surface area contributed by atoms with E-state index in [-0.39, 0.29) is 12.2 Å². The highest BCUT2D eigenvalue weighted by Gasteiger charge is 2.42. The fourth-order valence-electron chi connectivity index (χ4n) is 10.4. The van der Waals surface area contributed by atoms with Gasteiger partial charge in [-0.3, -0.25) is 0 Å². The molecule has 60 heavy (non-hydrogen) atoms. The quantitative estimate of drug-likeness (QED) is 0.183. The SMILES string of the molecule is C1=CCCC(C2N=C(c3ccc(N4C5=CC6=CC=CCC6CC5C5=C4CC(n4c6ccccc6c6ccccc64)C=C5)cc3)NC(c3cccc(-c4ccccc4)c3)=N2)=C1. The first kappa shape index (κ1) is 35.0. The van der Waals surface area contributed by atoms with Crippen LogP contribution in [-0.2, 0) is 0 Å². The van der Waals surface area contributed by atoms with Gasteiger partial charge in [-0.1, -0.05) is 134 Å². The molecular formula is C55H45N5. The van der Waals surface area contributed by atoms with Crippen LogP contribution in [0.1, 0.15) is 49.3 Å². The molecule has 4 aliphatic carbocycles. The minimum absolute atomic E-state index is 0.194. The van der Waals surface area contributed by atoms with Crippen LogP contribution in [0.25, 0.3) is 32.9 Å². The number of benzene rings is 5. The van der Waals surface area contributed by atoms with E-state index < -0.39 is 0 Å². The summed E-state index contributed by atoms with van der Waals surface area (Å²) in [7, 11) is 0. The number of nitrogens with zero attached hydrogens (tertiary/aromatic N) is 4. The van der Waals surface area contributed by atoms with Crippen molar-refractivity contribution < 1.29 is 0 Å². The molecule has 0 spiro atoms. The Labute approximate surface area is 351 Å². The molecule has 6 aromatic rings. The van der Waals surface area contributed by atoms with Gasteiger partial charge in [0.2, 0.25) is 0 Å². The molecule has 12 rings (SSSR count). The van der Waals surface area contributed by atoms with Gasteiger partial charge in [0.1, 0.15) is 11.7 Å². The van der Waals surface area contributed by atoms with E-state index >= 15 is 0 Å². The van der Waals surface area contributed by atoms with E-state index in [1.165, 1.54) is 66.7 Å². The van der Waals surface area contributed by atoms with Crippen molar-refractivity contribution in [3.8, 4) is 11.1 Å². The third-order valence-electron chi connectivity index (χ3n) is 13.4. The second-order valence-electron chi connectivity index (χ2n) is 16.8. The predicted octanol–water partition coefficient (Wildman–Crippen LogP) is 12.5. The van der Waals surface area contributed by atoms with Crippen molar-refractivity contribution in [2.24, 2.45) is 21.8 Å². The lowest BCUT2D eigenvalue weighted by Crippen LogP contribution is -2.38. The molecule has 0 saturated carbocycles. The molecule has 4 atom stereocenters. The number of allylic oxidation sites excluding steroid dienone is 12. The van der Waals surface area contributed by atoms with Gasteiger partial charge in [0.15, 0.2) is 6.17 Å². The molecule has 5 heteroatoms. The molecule has 2 aliphatic heterocycles. The highest BCUT2D eigenvalue weighted by Crippen LogP contribution is 2.53. The summed E-state index contributed by atoms with van der Waals surface area (Å²) < 4.78 is 2.57. The molecule has 1 N–H and O–H groups in total. The molecular weight excluding hydrogens is 731 g/mol. The lowest BCUT2D eigenvalue weighted by atomic mass is 9.75. The minimum atomic E-state index is -0.279. The van der Waals surface area contributed by atoms with E-state index in [1.54, 1.807) is 0 Å². The Kier molecular flexibility index (Phi) is 8.39. The van der Waals surface area contributed by atoms with Gasteiger partial charge in [-0.25, -0.2) is 9.98 Å². The number of fused-ring (bicyclic) bond motifs is 6. The van der Waals surface area contributed by atoms with Crippen LogP contribution < -0.4 is 10.2 Å². The molecule has 5 nitrogen and oxygen atoms in total. The smallest absolute Gasteiger partial charge is 0.166 e. The van der Waals surface area contributed by atoms with Crippen molar-refractivity contribution >= 4 is 39.2 Å². The molecule has 0 amide bonds. The zero-order chi connectivity index (χ0) is 39.6. The summed E-state index contributed by atoms with van der Waals surface area (Å²) in [5.41, 5.74) is 15.2. The molecule has 0 radical (unpaired) electrons. The number of rotatable bonds is 6. The second-order valence-corrected chi connectivity index (χ2v) is 16.8. The van der Waals surface area contributed by atoms with E-state index in [4.69, 9.17) is 9.98 Å². The summed E-state index contributed by atoms with van der Waals surface area (Å²) in [5, 5.41) is 6.32. The molecule has 5 aromatic carbocycles. The van der Waals surface area contributed by atoms with Gasteiger partial charge in [-0.15, -0.1) is 0 Å². The number of hydrogen-bond acceptors (Lipinski definition) is 4. The molecule has 0 saturated heterocycles. The van der Waals surface area contributed by atoms with Gasteiger partial charge in [0, 0.05) is 62.4 Å². The third-order valence-corrected chi connectivity index (χ3v) is 13.4. The Hall–Kier alpha value is -6.98. The van der Waals surface area contributed by atoms with E-state index in [2.05, 4.69) is 197 Å². The number of nitrogens with one attached hydrogen (secondary N) is 1. The van der Waals surface area contributed by atoms with Gasteiger partial charge in [-0.05, 0) is 108 Å². The van der Waals surface area contributed by atoms with Crippen molar-refractivity contribution in [1.82, 2.24) is 9.88 Å². The Morgan fingerprint density at radius 3 is 2.15 bits per heavy atom. The monoisotopic (exact) mass is 775 g/mol. The third kappa shape index (κ3) is 5.91. The maximum Gasteiger partial charge on any atom is 0.166 e. The molecule has 6 aliphatic rings. The van der Waals surface area contributed by atoms with Crippen LogP contribution in [0, 0.1) is 11.8 Å². The van der Waals surface area contributed by atoms with Crippen molar-refractivity contribution in [2.45, 2.75) is 44.3 Å². The Morgan fingerprint density at radius 1 is 0.650 bits per heavy atom. The van der Waals surface area contributed by atoms with E-state index in [0.29, 0.717) is 11.8 Å².